The lowest BCUT2D eigenvalue weighted by atomic mass is 9.73. The van der Waals surface area contributed by atoms with Crippen molar-refractivity contribution in [2.24, 2.45) is 11.8 Å². The Balaban J connectivity index is 1.83. The highest BCUT2D eigenvalue weighted by Gasteiger charge is 2.70. The fourth-order valence-corrected chi connectivity index (χ4v) is 4.42. The summed E-state index contributed by atoms with van der Waals surface area (Å²) in [7, 11) is 0. The molecule has 3 aliphatic rings. The highest BCUT2D eigenvalue weighted by Crippen LogP contribution is 2.57. The first-order valence-corrected chi connectivity index (χ1v) is 7.76. The lowest BCUT2D eigenvalue weighted by molar-refractivity contribution is -0.128. The van der Waals surface area contributed by atoms with Crippen LogP contribution in [0, 0.1) is 11.8 Å². The number of ether oxygens (including phenoxy) is 1. The molecule has 0 aliphatic carbocycles. The largest absolute Gasteiger partial charge is 0.359 e. The van der Waals surface area contributed by atoms with E-state index in [0.29, 0.717) is 10.7 Å². The Labute approximate surface area is 137 Å². The van der Waals surface area contributed by atoms with Gasteiger partial charge in [0.2, 0.25) is 11.8 Å². The summed E-state index contributed by atoms with van der Waals surface area (Å²) in [5.41, 5.74) is -1.10. The number of benzene rings is 1. The molecule has 0 aromatic heterocycles. The molecule has 114 valence electrons. The van der Waals surface area contributed by atoms with Gasteiger partial charge in [0, 0.05) is 5.02 Å². The highest BCUT2D eigenvalue weighted by molar-refractivity contribution is 6.38. The summed E-state index contributed by atoms with van der Waals surface area (Å²) >= 11 is 12.1. The Hall–Kier alpha value is -1.36. The smallest absolute Gasteiger partial charge is 0.241 e. The number of nitrogens with zero attached hydrogens (tertiary/aromatic N) is 1. The second-order valence-electron chi connectivity index (χ2n) is 6.37. The van der Waals surface area contributed by atoms with E-state index in [9.17, 15) is 9.59 Å². The van der Waals surface area contributed by atoms with Crippen LogP contribution in [-0.4, -0.2) is 23.0 Å². The molecule has 2 amide bonds. The first-order valence-electron chi connectivity index (χ1n) is 7.00. The molecule has 3 heterocycles. The van der Waals surface area contributed by atoms with Crippen molar-refractivity contribution in [1.82, 2.24) is 0 Å². The van der Waals surface area contributed by atoms with Crippen LogP contribution in [0.3, 0.4) is 0 Å². The molecule has 0 saturated carbocycles. The zero-order valence-corrected chi connectivity index (χ0v) is 13.5. The van der Waals surface area contributed by atoms with Crippen LogP contribution in [0.2, 0.25) is 10.0 Å². The van der Waals surface area contributed by atoms with Gasteiger partial charge in [-0.05, 0) is 32.0 Å². The average Bonchev–Trinajstić information content (AvgIpc) is 2.97. The van der Waals surface area contributed by atoms with Crippen molar-refractivity contribution in [1.29, 1.82) is 0 Å². The third-order valence-corrected chi connectivity index (χ3v) is 5.41. The van der Waals surface area contributed by atoms with E-state index in [1.807, 2.05) is 26.0 Å². The van der Waals surface area contributed by atoms with Crippen LogP contribution in [-0.2, 0) is 14.3 Å². The maximum absolute atomic E-state index is 12.9. The molecular weight excluding hydrogens is 325 g/mol. The normalized spacial score (nSPS) is 39.0. The predicted molar refractivity (Wildman–Crippen MR) is 83.0 cm³/mol. The van der Waals surface area contributed by atoms with Gasteiger partial charge in [-0.1, -0.05) is 35.4 Å². The number of rotatable bonds is 1. The molecule has 0 spiro atoms. The maximum Gasteiger partial charge on any atom is 0.241 e. The molecular formula is C16H13Cl2NO3. The number of halogens is 2. The SMILES string of the molecule is C[C@]12C=C[C@](C)(O1)[C@@H]1C(=O)N(c3ccc(Cl)cc3Cl)C(=O)[C@H]12. The summed E-state index contributed by atoms with van der Waals surface area (Å²) in [6.07, 6.45) is 3.76. The average molecular weight is 338 g/mol. The standard InChI is InChI=1S/C16H13Cl2NO3/c1-15-5-6-16(2,22-15)12-11(15)13(20)19(14(12)21)10-4-3-8(17)7-9(10)18/h3-7,11-12H,1-2H3/t11-,12-,15-,16+/m0/s1. The molecule has 4 atom stereocenters. The number of carbonyl (C=O) groups is 2. The van der Waals surface area contributed by atoms with Crippen LogP contribution in [0.15, 0.2) is 30.4 Å². The van der Waals surface area contributed by atoms with Crippen LogP contribution in [0.1, 0.15) is 13.8 Å². The number of carbonyl (C=O) groups excluding carboxylic acids is 2. The van der Waals surface area contributed by atoms with E-state index in [4.69, 9.17) is 27.9 Å². The van der Waals surface area contributed by atoms with Gasteiger partial charge in [0.25, 0.3) is 0 Å². The van der Waals surface area contributed by atoms with Gasteiger partial charge in [0.15, 0.2) is 0 Å². The Morgan fingerprint density at radius 2 is 1.59 bits per heavy atom. The van der Waals surface area contributed by atoms with Gasteiger partial charge >= 0.3 is 0 Å². The van der Waals surface area contributed by atoms with Crippen molar-refractivity contribution in [3.05, 3.63) is 40.4 Å². The molecule has 22 heavy (non-hydrogen) atoms. The molecule has 2 fully saturated rings. The Morgan fingerprint density at radius 3 is 2.09 bits per heavy atom. The number of fused-ring (bicyclic) bond motifs is 5. The van der Waals surface area contributed by atoms with Gasteiger partial charge in [-0.25, -0.2) is 4.90 Å². The Morgan fingerprint density at radius 1 is 1.05 bits per heavy atom. The monoisotopic (exact) mass is 337 g/mol. The summed E-state index contributed by atoms with van der Waals surface area (Å²) in [5, 5.41) is 0.739. The topological polar surface area (TPSA) is 46.6 Å². The second-order valence-corrected chi connectivity index (χ2v) is 7.21. The summed E-state index contributed by atoms with van der Waals surface area (Å²) < 4.78 is 5.96. The van der Waals surface area contributed by atoms with Crippen molar-refractivity contribution < 1.29 is 14.3 Å². The highest BCUT2D eigenvalue weighted by atomic mass is 35.5. The van der Waals surface area contributed by atoms with Gasteiger partial charge in [0.1, 0.15) is 0 Å². The number of amides is 2. The molecule has 4 rings (SSSR count). The van der Waals surface area contributed by atoms with E-state index in [1.165, 1.54) is 11.0 Å². The molecule has 4 nitrogen and oxygen atoms in total. The van der Waals surface area contributed by atoms with E-state index in [0.717, 1.165) is 0 Å². The minimum atomic E-state index is -0.736. The van der Waals surface area contributed by atoms with Crippen LogP contribution >= 0.6 is 23.2 Å². The van der Waals surface area contributed by atoms with E-state index in [1.54, 1.807) is 12.1 Å². The van der Waals surface area contributed by atoms with Crippen molar-refractivity contribution in [3.63, 3.8) is 0 Å². The van der Waals surface area contributed by atoms with Gasteiger partial charge in [-0.15, -0.1) is 0 Å². The molecule has 1 aromatic rings. The fraction of sp³-hybridized carbons (Fsp3) is 0.375. The minimum Gasteiger partial charge on any atom is -0.359 e. The second kappa shape index (κ2) is 4.13. The number of hydrogen-bond donors (Lipinski definition) is 0. The quantitative estimate of drug-likeness (QED) is 0.583. The van der Waals surface area contributed by atoms with E-state index < -0.39 is 23.0 Å². The molecule has 2 saturated heterocycles. The zero-order chi connectivity index (χ0) is 15.9. The Kier molecular flexibility index (Phi) is 2.68. The van der Waals surface area contributed by atoms with E-state index in [-0.39, 0.29) is 16.8 Å². The summed E-state index contributed by atoms with van der Waals surface area (Å²) in [6.45, 7) is 3.69. The zero-order valence-electron chi connectivity index (χ0n) is 12.0. The van der Waals surface area contributed by atoms with Crippen molar-refractivity contribution in [3.8, 4) is 0 Å². The van der Waals surface area contributed by atoms with Crippen LogP contribution in [0.25, 0.3) is 0 Å². The molecule has 6 heteroatoms. The van der Waals surface area contributed by atoms with Gasteiger partial charge < -0.3 is 4.74 Å². The summed E-state index contributed by atoms with van der Waals surface area (Å²) in [6, 6.07) is 4.74. The molecule has 0 N–H and O–H groups in total. The predicted octanol–water partition coefficient (Wildman–Crippen LogP) is 3.22. The van der Waals surface area contributed by atoms with Gasteiger partial charge in [-0.3, -0.25) is 9.59 Å². The molecule has 2 bridgehead atoms. The van der Waals surface area contributed by atoms with E-state index in [2.05, 4.69) is 0 Å². The number of hydrogen-bond acceptors (Lipinski definition) is 3. The van der Waals surface area contributed by atoms with Crippen molar-refractivity contribution in [2.45, 2.75) is 25.0 Å². The van der Waals surface area contributed by atoms with Crippen molar-refractivity contribution in [2.75, 3.05) is 4.90 Å². The lowest BCUT2D eigenvalue weighted by Crippen LogP contribution is -2.39. The Bertz CT molecular complexity index is 726. The molecule has 1 aromatic carbocycles. The van der Waals surface area contributed by atoms with Gasteiger partial charge in [-0.2, -0.15) is 0 Å². The third-order valence-electron chi connectivity index (χ3n) is 4.88. The minimum absolute atomic E-state index is 0.269. The summed E-state index contributed by atoms with van der Waals surface area (Å²) in [4.78, 5) is 26.9. The van der Waals surface area contributed by atoms with Crippen LogP contribution < -0.4 is 4.90 Å². The fourth-order valence-electron chi connectivity index (χ4n) is 3.93. The first kappa shape index (κ1) is 14.2. The van der Waals surface area contributed by atoms with Crippen molar-refractivity contribution >= 4 is 40.7 Å². The summed E-state index contributed by atoms with van der Waals surface area (Å²) in [5.74, 6) is -1.56. The molecule has 0 unspecified atom stereocenters. The maximum atomic E-state index is 12.9. The van der Waals surface area contributed by atoms with Crippen LogP contribution in [0.5, 0.6) is 0 Å². The van der Waals surface area contributed by atoms with Gasteiger partial charge in [0.05, 0.1) is 33.7 Å². The number of anilines is 1. The third kappa shape index (κ3) is 1.58. The van der Waals surface area contributed by atoms with E-state index >= 15 is 0 Å². The van der Waals surface area contributed by atoms with Crippen LogP contribution in [0.4, 0.5) is 5.69 Å². The number of imide groups is 1. The first-order chi connectivity index (χ1) is 10.3. The molecule has 3 aliphatic heterocycles. The molecule has 0 radical (unpaired) electrons. The lowest BCUT2D eigenvalue weighted by Gasteiger charge is -2.25.